The fourth-order valence-corrected chi connectivity index (χ4v) is 2.59. The van der Waals surface area contributed by atoms with E-state index in [0.29, 0.717) is 5.56 Å². The molecule has 1 aliphatic heterocycles. The Hall–Kier alpha value is -2.04. The summed E-state index contributed by atoms with van der Waals surface area (Å²) in [5.41, 5.74) is 3.70. The predicted octanol–water partition coefficient (Wildman–Crippen LogP) is 2.94. The maximum absolute atomic E-state index is 12.2. The first-order chi connectivity index (χ1) is 10.1. The van der Waals surface area contributed by atoms with Crippen molar-refractivity contribution >= 4 is 23.2 Å². The number of hydrogen-bond donors (Lipinski definition) is 3. The highest BCUT2D eigenvalue weighted by molar-refractivity contribution is 6.32. The zero-order valence-electron chi connectivity index (χ0n) is 11.3. The lowest BCUT2D eigenvalue weighted by Crippen LogP contribution is -2.23. The maximum Gasteiger partial charge on any atom is 0.255 e. The molecule has 1 aliphatic rings. The van der Waals surface area contributed by atoms with E-state index in [4.69, 9.17) is 11.6 Å². The van der Waals surface area contributed by atoms with Gasteiger partial charge in [-0.1, -0.05) is 17.7 Å². The van der Waals surface area contributed by atoms with E-state index >= 15 is 0 Å². The minimum absolute atomic E-state index is 0.0342. The third kappa shape index (κ3) is 3.01. The molecular formula is C16H15ClN2O2. The van der Waals surface area contributed by atoms with Crippen molar-refractivity contribution in [1.29, 1.82) is 0 Å². The predicted molar refractivity (Wildman–Crippen MR) is 82.9 cm³/mol. The van der Waals surface area contributed by atoms with Gasteiger partial charge >= 0.3 is 0 Å². The second-order valence-corrected chi connectivity index (χ2v) is 5.44. The lowest BCUT2D eigenvalue weighted by molar-refractivity contribution is 0.102. The molecule has 0 aliphatic carbocycles. The van der Waals surface area contributed by atoms with Gasteiger partial charge in [0, 0.05) is 17.8 Å². The molecule has 0 saturated heterocycles. The van der Waals surface area contributed by atoms with E-state index in [1.54, 1.807) is 0 Å². The molecule has 3 rings (SSSR count). The van der Waals surface area contributed by atoms with E-state index in [2.05, 4.69) is 16.7 Å². The molecule has 0 radical (unpaired) electrons. The molecule has 0 fully saturated rings. The van der Waals surface area contributed by atoms with Crippen LogP contribution in [-0.2, 0) is 13.0 Å². The van der Waals surface area contributed by atoms with Gasteiger partial charge in [0.05, 0.1) is 5.02 Å². The third-order valence-electron chi connectivity index (χ3n) is 3.56. The number of hydrogen-bond acceptors (Lipinski definition) is 3. The van der Waals surface area contributed by atoms with Crippen LogP contribution in [-0.4, -0.2) is 17.6 Å². The molecular weight excluding hydrogens is 288 g/mol. The summed E-state index contributed by atoms with van der Waals surface area (Å²) < 4.78 is 0. The van der Waals surface area contributed by atoms with Crippen molar-refractivity contribution < 1.29 is 9.90 Å². The van der Waals surface area contributed by atoms with Crippen LogP contribution in [0.5, 0.6) is 5.75 Å². The van der Waals surface area contributed by atoms with Crippen LogP contribution in [0.4, 0.5) is 5.69 Å². The van der Waals surface area contributed by atoms with Gasteiger partial charge in [-0.3, -0.25) is 4.79 Å². The van der Waals surface area contributed by atoms with Crippen molar-refractivity contribution in [2.75, 3.05) is 11.9 Å². The molecule has 1 amide bonds. The average Bonchev–Trinajstić information content (AvgIpc) is 2.50. The molecule has 0 saturated carbocycles. The van der Waals surface area contributed by atoms with Crippen LogP contribution < -0.4 is 10.6 Å². The van der Waals surface area contributed by atoms with Crippen molar-refractivity contribution in [2.45, 2.75) is 13.0 Å². The number of fused-ring (bicyclic) bond motifs is 1. The third-order valence-corrected chi connectivity index (χ3v) is 3.86. The number of amides is 1. The SMILES string of the molecule is O=C(Nc1ccc2c(c1)CNCC2)c1ccc(O)c(Cl)c1. The van der Waals surface area contributed by atoms with E-state index in [0.717, 1.165) is 25.2 Å². The van der Waals surface area contributed by atoms with Crippen LogP contribution in [0.1, 0.15) is 21.5 Å². The molecule has 1 heterocycles. The number of halogens is 1. The Balaban J connectivity index is 1.79. The van der Waals surface area contributed by atoms with Gasteiger partial charge in [0.25, 0.3) is 5.91 Å². The Kier molecular flexibility index (Phi) is 3.82. The van der Waals surface area contributed by atoms with Gasteiger partial charge in [0.15, 0.2) is 0 Å². The normalized spacial score (nSPS) is 13.6. The average molecular weight is 303 g/mol. The van der Waals surface area contributed by atoms with Crippen molar-refractivity contribution in [2.24, 2.45) is 0 Å². The number of phenols is 1. The summed E-state index contributed by atoms with van der Waals surface area (Å²) >= 11 is 5.82. The molecule has 0 aromatic heterocycles. The fourth-order valence-electron chi connectivity index (χ4n) is 2.41. The molecule has 2 aromatic carbocycles. The Morgan fingerprint density at radius 3 is 2.86 bits per heavy atom. The minimum Gasteiger partial charge on any atom is -0.506 e. The number of carbonyl (C=O) groups excluding carboxylic acids is 1. The highest BCUT2D eigenvalue weighted by Crippen LogP contribution is 2.24. The molecule has 0 atom stereocenters. The maximum atomic E-state index is 12.2. The van der Waals surface area contributed by atoms with Crippen molar-refractivity contribution in [3.63, 3.8) is 0 Å². The summed E-state index contributed by atoms with van der Waals surface area (Å²) in [5, 5.41) is 15.7. The molecule has 0 unspecified atom stereocenters. The minimum atomic E-state index is -0.249. The number of benzene rings is 2. The van der Waals surface area contributed by atoms with Gasteiger partial charge in [-0.05, 0) is 54.4 Å². The lowest BCUT2D eigenvalue weighted by atomic mass is 10.0. The van der Waals surface area contributed by atoms with Crippen LogP contribution in [0.3, 0.4) is 0 Å². The van der Waals surface area contributed by atoms with E-state index in [1.165, 1.54) is 29.3 Å². The quantitative estimate of drug-likeness (QED) is 0.799. The largest absolute Gasteiger partial charge is 0.506 e. The zero-order valence-corrected chi connectivity index (χ0v) is 12.1. The first-order valence-electron chi connectivity index (χ1n) is 6.76. The van der Waals surface area contributed by atoms with Gasteiger partial charge in [0.2, 0.25) is 0 Å². The molecule has 5 heteroatoms. The van der Waals surface area contributed by atoms with Gasteiger partial charge < -0.3 is 15.7 Å². The zero-order chi connectivity index (χ0) is 14.8. The van der Waals surface area contributed by atoms with Crippen LogP contribution in [0, 0.1) is 0 Å². The second kappa shape index (κ2) is 5.76. The number of nitrogens with one attached hydrogen (secondary N) is 2. The van der Waals surface area contributed by atoms with E-state index < -0.39 is 0 Å². The molecule has 0 bridgehead atoms. The summed E-state index contributed by atoms with van der Waals surface area (Å²) in [5.74, 6) is -0.284. The standard InChI is InChI=1S/C16H15ClN2O2/c17-14-8-11(2-4-15(14)20)16(21)19-13-3-1-10-5-6-18-9-12(10)7-13/h1-4,7-8,18,20H,5-6,9H2,(H,19,21). The molecule has 2 aromatic rings. The van der Waals surface area contributed by atoms with E-state index in [9.17, 15) is 9.90 Å². The second-order valence-electron chi connectivity index (χ2n) is 5.03. The summed E-state index contributed by atoms with van der Waals surface area (Å²) in [7, 11) is 0. The van der Waals surface area contributed by atoms with Gasteiger partial charge in [0.1, 0.15) is 5.75 Å². The first kappa shape index (κ1) is 13.9. The first-order valence-corrected chi connectivity index (χ1v) is 7.13. The van der Waals surface area contributed by atoms with E-state index in [-0.39, 0.29) is 16.7 Å². The summed E-state index contributed by atoms with van der Waals surface area (Å²) in [4.78, 5) is 12.2. The topological polar surface area (TPSA) is 61.4 Å². The van der Waals surface area contributed by atoms with Gasteiger partial charge in [-0.25, -0.2) is 0 Å². The Morgan fingerprint density at radius 1 is 1.19 bits per heavy atom. The summed E-state index contributed by atoms with van der Waals surface area (Å²) in [6, 6.07) is 10.3. The highest BCUT2D eigenvalue weighted by Gasteiger charge is 2.12. The monoisotopic (exact) mass is 302 g/mol. The van der Waals surface area contributed by atoms with Crippen molar-refractivity contribution in [1.82, 2.24) is 5.32 Å². The summed E-state index contributed by atoms with van der Waals surface area (Å²) in [6.07, 6.45) is 1.01. The Labute approximate surface area is 127 Å². The molecule has 21 heavy (non-hydrogen) atoms. The van der Waals surface area contributed by atoms with E-state index in [1.807, 2.05) is 12.1 Å². The number of phenolic OH excluding ortho intramolecular Hbond substituents is 1. The summed E-state index contributed by atoms with van der Waals surface area (Å²) in [6.45, 7) is 1.81. The number of anilines is 1. The van der Waals surface area contributed by atoms with Crippen molar-refractivity contribution in [3.05, 3.63) is 58.1 Å². The number of rotatable bonds is 2. The Morgan fingerprint density at radius 2 is 2.05 bits per heavy atom. The van der Waals surface area contributed by atoms with Crippen molar-refractivity contribution in [3.8, 4) is 5.75 Å². The number of aromatic hydroxyl groups is 1. The molecule has 0 spiro atoms. The molecule has 4 nitrogen and oxygen atoms in total. The highest BCUT2D eigenvalue weighted by atomic mass is 35.5. The molecule has 3 N–H and O–H groups in total. The lowest BCUT2D eigenvalue weighted by Gasteiger charge is -2.18. The molecule has 108 valence electrons. The van der Waals surface area contributed by atoms with Gasteiger partial charge in [-0.15, -0.1) is 0 Å². The van der Waals surface area contributed by atoms with Crippen LogP contribution >= 0.6 is 11.6 Å². The fraction of sp³-hybridized carbons (Fsp3) is 0.188. The van der Waals surface area contributed by atoms with Crippen LogP contribution in [0.2, 0.25) is 5.02 Å². The smallest absolute Gasteiger partial charge is 0.255 e. The van der Waals surface area contributed by atoms with Crippen LogP contribution in [0.25, 0.3) is 0 Å². The number of carbonyl (C=O) groups is 1. The Bertz CT molecular complexity index is 701. The van der Waals surface area contributed by atoms with Crippen LogP contribution in [0.15, 0.2) is 36.4 Å². The van der Waals surface area contributed by atoms with Gasteiger partial charge in [-0.2, -0.15) is 0 Å².